The predicted molar refractivity (Wildman–Crippen MR) is 559 cm³/mol. The molecule has 0 atom stereocenters. The Kier molecular flexibility index (Phi) is 19.7. The molecule has 0 radical (unpaired) electrons. The molecule has 0 N–H and O–H groups in total. The van der Waals surface area contributed by atoms with Crippen molar-refractivity contribution in [2.45, 2.75) is 106 Å². The van der Waals surface area contributed by atoms with Gasteiger partial charge in [0.1, 0.15) is 0 Å². The van der Waals surface area contributed by atoms with Gasteiger partial charge in [0.15, 0.2) is 0 Å². The molecule has 130 heavy (non-hydrogen) atoms. The Bertz CT molecular complexity index is 8200. The van der Waals surface area contributed by atoms with Crippen molar-refractivity contribution in [3.05, 3.63) is 467 Å². The first kappa shape index (κ1) is 81.0. The van der Waals surface area contributed by atoms with Gasteiger partial charge in [0.25, 0.3) is 0 Å². The van der Waals surface area contributed by atoms with E-state index in [0.717, 1.165) is 0 Å². The zero-order chi connectivity index (χ0) is 88.8. The highest BCUT2D eigenvalue weighted by Crippen LogP contribution is 2.57. The van der Waals surface area contributed by atoms with Crippen LogP contribution in [0.2, 0.25) is 0 Å². The normalized spacial score (nSPS) is 13.3. The van der Waals surface area contributed by atoms with Crippen molar-refractivity contribution < 1.29 is 0 Å². The Morgan fingerprint density at radius 3 is 0.762 bits per heavy atom. The average molecular weight is 1670 g/mol. The van der Waals surface area contributed by atoms with Gasteiger partial charge in [-0.3, -0.25) is 0 Å². The summed E-state index contributed by atoms with van der Waals surface area (Å²) in [7, 11) is 0. The number of rotatable bonds is 9. The number of hydrogen-bond donors (Lipinski definition) is 0. The van der Waals surface area contributed by atoms with E-state index in [4.69, 9.17) is 0 Å². The number of fused-ring (bicyclic) bond motifs is 15. The van der Waals surface area contributed by atoms with Crippen LogP contribution < -0.4 is 0 Å². The minimum absolute atomic E-state index is 0.0117. The van der Waals surface area contributed by atoms with Gasteiger partial charge in [0.05, 0.1) is 0 Å². The predicted octanol–water partition coefficient (Wildman–Crippen LogP) is 36.1. The van der Waals surface area contributed by atoms with Gasteiger partial charge < -0.3 is 0 Å². The number of benzene rings is 21. The molecule has 0 bridgehead atoms. The van der Waals surface area contributed by atoms with Crippen LogP contribution in [0.5, 0.6) is 0 Å². The molecule has 21 aromatic rings. The highest BCUT2D eigenvalue weighted by Gasteiger charge is 2.39. The van der Waals surface area contributed by atoms with Crippen molar-refractivity contribution >= 4 is 64.6 Å². The summed E-state index contributed by atoms with van der Waals surface area (Å²) in [4.78, 5) is 0. The van der Waals surface area contributed by atoms with Gasteiger partial charge in [0.2, 0.25) is 0 Å². The van der Waals surface area contributed by atoms with Crippen LogP contribution in [-0.2, 0) is 16.2 Å². The summed E-state index contributed by atoms with van der Waals surface area (Å²) in [5.41, 5.74) is 48.8. The fourth-order valence-corrected chi connectivity index (χ4v) is 22.6. The summed E-state index contributed by atoms with van der Waals surface area (Å²) in [6.07, 6.45) is 0. The van der Waals surface area contributed by atoms with Crippen LogP contribution in [0.4, 0.5) is 0 Å². The third-order valence-electron chi connectivity index (χ3n) is 29.7. The molecule has 0 saturated carbocycles. The van der Waals surface area contributed by atoms with E-state index in [1.165, 1.54) is 270 Å². The van der Waals surface area contributed by atoms with E-state index in [9.17, 15) is 0 Å². The molecule has 0 spiro atoms. The Hall–Kier alpha value is -14.8. The lowest BCUT2D eigenvalue weighted by Gasteiger charge is -2.22. The van der Waals surface area contributed by atoms with Gasteiger partial charge in [0, 0.05) is 16.2 Å². The Balaban J connectivity index is 0.000000114. The molecule has 3 aliphatic carbocycles. The SMILES string of the molecule is Cc1cc(-c2c3ccccc3c(-c3ccc4c(c3)-c3ccccc3C4(C)C)c3cc(-c4ccccc4)ccc23)cc(C)c1C.Cc1ccc(-c2c3ccccc3c(-c3ccc4c(c3)-c3ccccc3C4(C)C)c3cc(-c4ccccc4)ccc23)c(C)c1.Cc1ccc(-c2c3ccccc3c(-c3ccc4c(c3)-c3ccccc3C4(C)C)c3cc(-c4ccccc4)ccc23)cc1C. The maximum atomic E-state index is 2.46. The van der Waals surface area contributed by atoms with Crippen LogP contribution in [-0.4, -0.2) is 0 Å². The van der Waals surface area contributed by atoms with Crippen molar-refractivity contribution in [2.24, 2.45) is 0 Å². The van der Waals surface area contributed by atoms with Gasteiger partial charge in [-0.2, -0.15) is 0 Å². The lowest BCUT2D eigenvalue weighted by molar-refractivity contribution is 0.660. The summed E-state index contributed by atoms with van der Waals surface area (Å²) in [6.45, 7) is 29.7. The van der Waals surface area contributed by atoms with E-state index in [0.29, 0.717) is 0 Å². The van der Waals surface area contributed by atoms with Crippen LogP contribution in [0.1, 0.15) is 114 Å². The maximum absolute atomic E-state index is 2.46. The minimum atomic E-state index is -0.0138. The van der Waals surface area contributed by atoms with Crippen molar-refractivity contribution in [3.63, 3.8) is 0 Å². The molecule has 0 aromatic heterocycles. The molecule has 0 aliphatic heterocycles. The van der Waals surface area contributed by atoms with Crippen molar-refractivity contribution in [1.29, 1.82) is 0 Å². The maximum Gasteiger partial charge on any atom is 0.0158 e. The van der Waals surface area contributed by atoms with Crippen LogP contribution in [0.3, 0.4) is 0 Å². The fraction of sp³-hybridized carbons (Fsp3) is 0.123. The van der Waals surface area contributed by atoms with Crippen LogP contribution >= 0.6 is 0 Å². The zero-order valence-electron chi connectivity index (χ0n) is 76.5. The largest absolute Gasteiger partial charge is 0.0622 e. The van der Waals surface area contributed by atoms with Gasteiger partial charge in [-0.1, -0.05) is 405 Å². The van der Waals surface area contributed by atoms with Crippen molar-refractivity contribution in [2.75, 3.05) is 0 Å². The monoisotopic (exact) mass is 1660 g/mol. The minimum Gasteiger partial charge on any atom is -0.0622 e. The summed E-state index contributed by atoms with van der Waals surface area (Å²) in [5, 5.41) is 15.5. The summed E-state index contributed by atoms with van der Waals surface area (Å²) < 4.78 is 0. The second-order valence-corrected chi connectivity index (χ2v) is 38.4. The Morgan fingerprint density at radius 2 is 0.408 bits per heavy atom. The molecule has 0 heterocycles. The summed E-state index contributed by atoms with van der Waals surface area (Å²) >= 11 is 0. The second-order valence-electron chi connectivity index (χ2n) is 38.4. The molecule has 0 fully saturated rings. The lowest BCUT2D eigenvalue weighted by atomic mass is 9.81. The highest BCUT2D eigenvalue weighted by atomic mass is 14.4. The quantitative estimate of drug-likeness (QED) is 0.126. The van der Waals surface area contributed by atoms with Crippen LogP contribution in [0.15, 0.2) is 394 Å². The lowest BCUT2D eigenvalue weighted by Crippen LogP contribution is -2.14. The van der Waals surface area contributed by atoms with Crippen LogP contribution in [0, 0.1) is 48.5 Å². The molecular weight excluding hydrogens is 1560 g/mol. The Labute approximate surface area is 765 Å². The van der Waals surface area contributed by atoms with E-state index >= 15 is 0 Å². The topological polar surface area (TPSA) is 0 Å². The number of aryl methyl sites for hydroxylation is 6. The summed E-state index contributed by atoms with van der Waals surface area (Å²) in [5.74, 6) is 0. The molecule has 0 unspecified atom stereocenters. The first-order valence-electron chi connectivity index (χ1n) is 46.3. The molecule has 24 rings (SSSR count). The van der Waals surface area contributed by atoms with Gasteiger partial charge >= 0.3 is 0 Å². The molecule has 0 amide bonds. The third-order valence-corrected chi connectivity index (χ3v) is 29.7. The molecular formula is C130H104. The van der Waals surface area contributed by atoms with Gasteiger partial charge in [-0.05, 0) is 350 Å². The van der Waals surface area contributed by atoms with Gasteiger partial charge in [-0.15, -0.1) is 0 Å². The summed E-state index contributed by atoms with van der Waals surface area (Å²) in [6, 6.07) is 147. The zero-order valence-corrected chi connectivity index (χ0v) is 76.5. The molecule has 3 aliphatic rings. The fourth-order valence-electron chi connectivity index (χ4n) is 22.6. The van der Waals surface area contributed by atoms with E-state index in [1.54, 1.807) is 0 Å². The van der Waals surface area contributed by atoms with Crippen molar-refractivity contribution in [3.8, 4) is 134 Å². The third kappa shape index (κ3) is 13.3. The molecule has 0 nitrogen and oxygen atoms in total. The Morgan fingerprint density at radius 1 is 0.138 bits per heavy atom. The number of hydrogen-bond acceptors (Lipinski definition) is 0. The van der Waals surface area contributed by atoms with E-state index < -0.39 is 0 Å². The molecule has 0 saturated heterocycles. The molecule has 0 heteroatoms. The first-order valence-corrected chi connectivity index (χ1v) is 46.3. The first-order chi connectivity index (χ1) is 63.2. The molecule has 21 aromatic carbocycles. The van der Waals surface area contributed by atoms with E-state index in [-0.39, 0.29) is 16.2 Å². The van der Waals surface area contributed by atoms with Gasteiger partial charge in [-0.25, -0.2) is 0 Å². The molecule has 624 valence electrons. The van der Waals surface area contributed by atoms with Crippen LogP contribution in [0.25, 0.3) is 198 Å². The van der Waals surface area contributed by atoms with E-state index in [1.807, 2.05) is 0 Å². The second kappa shape index (κ2) is 31.6. The average Bonchev–Trinajstić information content (AvgIpc) is 1.13. The van der Waals surface area contributed by atoms with Crippen molar-refractivity contribution in [1.82, 2.24) is 0 Å². The smallest absolute Gasteiger partial charge is 0.0158 e. The highest BCUT2D eigenvalue weighted by molar-refractivity contribution is 6.26. The van der Waals surface area contributed by atoms with E-state index in [2.05, 4.69) is 484 Å². The standard InChI is InChI=1S/C44H36.2C43H34/c1-27-23-33(24-28(2)29(27)3)43-36-17-10-9-16-35(36)42(39-25-31(19-21-37(39)43)30-13-7-6-8-14-30)32-20-22-41-38(26-32)34-15-11-12-18-40(34)44(41,4)5;1-27-18-21-32(28(2)24-27)42-35-16-9-8-15-34(35)41(38-25-30(19-22-36(38)42)29-12-6-5-7-13-29)31-20-23-40-37(26-31)33-14-10-11-17-39(33)43(40,3)4;1-27-18-19-31(24-28(27)2)41-34-15-8-9-16-35(34)42(38-25-30(20-22-36(38)41)29-12-6-5-7-13-29)32-21-23-40-37(26-32)33-14-10-11-17-39(33)43(40,3)4/h6-26H,1-5H3;2*5-26H,1-4H3.